The molecule has 1 amide bonds. The van der Waals surface area contributed by atoms with Crippen LogP contribution in [0, 0.1) is 11.8 Å². The molecule has 2 heterocycles. The van der Waals surface area contributed by atoms with Gasteiger partial charge in [0.2, 0.25) is 0 Å². The molecule has 1 aliphatic rings. The molecule has 0 unspecified atom stereocenters. The second kappa shape index (κ2) is 7.05. The average molecular weight is 327 g/mol. The Hall–Kier alpha value is -2.34. The molecule has 0 spiro atoms. The Morgan fingerprint density at radius 3 is 2.83 bits per heavy atom. The molecular formula is C18H25N5O. The Bertz CT molecular complexity index is 695. The largest absolute Gasteiger partial charge is 0.369 e. The smallest absolute Gasteiger partial charge is 0.254 e. The highest BCUT2D eigenvalue weighted by Crippen LogP contribution is 2.24. The van der Waals surface area contributed by atoms with Crippen molar-refractivity contribution in [3.8, 4) is 0 Å². The molecule has 1 aliphatic heterocycles. The maximum absolute atomic E-state index is 11.4. The van der Waals surface area contributed by atoms with Crippen molar-refractivity contribution >= 4 is 11.7 Å². The van der Waals surface area contributed by atoms with Gasteiger partial charge in [-0.2, -0.15) is 5.10 Å². The molecule has 0 saturated carbocycles. The van der Waals surface area contributed by atoms with Gasteiger partial charge in [-0.3, -0.25) is 4.79 Å². The fourth-order valence-electron chi connectivity index (χ4n) is 3.27. The molecule has 0 saturated heterocycles. The summed E-state index contributed by atoms with van der Waals surface area (Å²) in [5.41, 5.74) is 7.14. The zero-order valence-corrected chi connectivity index (χ0v) is 14.2. The second-order valence-electron chi connectivity index (χ2n) is 6.74. The molecule has 4 N–H and O–H groups in total. The lowest BCUT2D eigenvalue weighted by atomic mass is 9.95. The quantitative estimate of drug-likeness (QED) is 0.758. The molecule has 1 aromatic heterocycles. The average Bonchev–Trinajstić information content (AvgIpc) is 2.99. The van der Waals surface area contributed by atoms with Crippen molar-refractivity contribution < 1.29 is 4.79 Å². The molecule has 2 aromatic rings. The number of amides is 1. The van der Waals surface area contributed by atoms with Crippen molar-refractivity contribution in [3.63, 3.8) is 0 Å². The van der Waals surface area contributed by atoms with Crippen LogP contribution in [0.4, 0.5) is 5.82 Å². The van der Waals surface area contributed by atoms with Crippen molar-refractivity contribution in [2.45, 2.75) is 26.4 Å². The van der Waals surface area contributed by atoms with E-state index in [2.05, 4.69) is 53.8 Å². The minimum atomic E-state index is -0.440. The maximum atomic E-state index is 11.4. The highest BCUT2D eigenvalue weighted by molar-refractivity contribution is 5.97. The van der Waals surface area contributed by atoms with Crippen molar-refractivity contribution in [2.75, 3.05) is 18.4 Å². The molecule has 6 nitrogen and oxygen atoms in total. The van der Waals surface area contributed by atoms with Gasteiger partial charge >= 0.3 is 0 Å². The minimum absolute atomic E-state index is 0.325. The monoisotopic (exact) mass is 327 g/mol. The molecular weight excluding hydrogens is 302 g/mol. The molecule has 2 atom stereocenters. The summed E-state index contributed by atoms with van der Waals surface area (Å²) in [6.07, 6.45) is 1.54. The molecule has 0 radical (unpaired) electrons. The topological polar surface area (TPSA) is 85.0 Å². The van der Waals surface area contributed by atoms with E-state index in [1.54, 1.807) is 6.20 Å². The number of aromatic nitrogens is 2. The zero-order valence-electron chi connectivity index (χ0n) is 14.2. The van der Waals surface area contributed by atoms with E-state index in [1.807, 2.05) is 10.7 Å². The van der Waals surface area contributed by atoms with Crippen LogP contribution in [-0.2, 0) is 6.54 Å². The number of carbonyl (C=O) groups excluding carboxylic acids is 1. The number of rotatable bonds is 6. The second-order valence-corrected chi connectivity index (χ2v) is 6.74. The summed E-state index contributed by atoms with van der Waals surface area (Å²) in [7, 11) is 0. The highest BCUT2D eigenvalue weighted by atomic mass is 16.1. The van der Waals surface area contributed by atoms with Crippen LogP contribution in [0.2, 0.25) is 0 Å². The van der Waals surface area contributed by atoms with E-state index < -0.39 is 5.91 Å². The Morgan fingerprint density at radius 1 is 1.42 bits per heavy atom. The number of nitrogens with one attached hydrogen (secondary N) is 2. The Kier molecular flexibility index (Phi) is 4.85. The SMILES string of the molecule is CC(C)[C@@H](NC[C@H]1CNc2c(C(N)=O)cnn2C1)c1ccccc1. The van der Waals surface area contributed by atoms with Gasteiger partial charge in [0, 0.05) is 31.6 Å². The molecule has 128 valence electrons. The van der Waals surface area contributed by atoms with Crippen LogP contribution in [-0.4, -0.2) is 28.8 Å². The van der Waals surface area contributed by atoms with Crippen molar-refractivity contribution in [3.05, 3.63) is 47.7 Å². The van der Waals surface area contributed by atoms with Gasteiger partial charge in [-0.25, -0.2) is 4.68 Å². The number of primary amides is 1. The van der Waals surface area contributed by atoms with Crippen LogP contribution < -0.4 is 16.4 Å². The van der Waals surface area contributed by atoms with E-state index in [1.165, 1.54) is 5.56 Å². The number of hydrogen-bond donors (Lipinski definition) is 3. The van der Waals surface area contributed by atoms with Crippen LogP contribution in [0.1, 0.15) is 35.8 Å². The third-order valence-corrected chi connectivity index (χ3v) is 4.55. The third-order valence-electron chi connectivity index (χ3n) is 4.55. The predicted molar refractivity (Wildman–Crippen MR) is 94.7 cm³/mol. The zero-order chi connectivity index (χ0) is 17.1. The normalized spacial score (nSPS) is 18.0. The third kappa shape index (κ3) is 3.43. The van der Waals surface area contributed by atoms with Crippen LogP contribution in [0.25, 0.3) is 0 Å². The summed E-state index contributed by atoms with van der Waals surface area (Å²) in [4.78, 5) is 11.4. The fourth-order valence-corrected chi connectivity index (χ4v) is 3.27. The van der Waals surface area contributed by atoms with Gasteiger partial charge in [0.1, 0.15) is 11.4 Å². The molecule has 1 aromatic carbocycles. The maximum Gasteiger partial charge on any atom is 0.254 e. The van der Waals surface area contributed by atoms with Crippen molar-refractivity contribution in [1.29, 1.82) is 0 Å². The lowest BCUT2D eigenvalue weighted by Crippen LogP contribution is -2.38. The first kappa shape index (κ1) is 16.5. The van der Waals surface area contributed by atoms with Crippen LogP contribution in [0.5, 0.6) is 0 Å². The first-order valence-corrected chi connectivity index (χ1v) is 8.44. The molecule has 6 heteroatoms. The number of benzene rings is 1. The Balaban J connectivity index is 1.63. The molecule has 0 bridgehead atoms. The molecule has 24 heavy (non-hydrogen) atoms. The molecule has 0 fully saturated rings. The van der Waals surface area contributed by atoms with Gasteiger partial charge in [0.25, 0.3) is 5.91 Å². The summed E-state index contributed by atoms with van der Waals surface area (Å²) in [6.45, 7) is 6.93. The van der Waals surface area contributed by atoms with E-state index in [0.29, 0.717) is 23.4 Å². The first-order chi connectivity index (χ1) is 11.6. The van der Waals surface area contributed by atoms with Gasteiger partial charge in [0.15, 0.2) is 0 Å². The lowest BCUT2D eigenvalue weighted by Gasteiger charge is -2.29. The van der Waals surface area contributed by atoms with E-state index in [9.17, 15) is 4.79 Å². The van der Waals surface area contributed by atoms with Crippen LogP contribution in [0.15, 0.2) is 36.5 Å². The van der Waals surface area contributed by atoms with Gasteiger partial charge < -0.3 is 16.4 Å². The number of nitrogens with two attached hydrogens (primary N) is 1. The number of hydrogen-bond acceptors (Lipinski definition) is 4. The summed E-state index contributed by atoms with van der Waals surface area (Å²) in [5.74, 6) is 1.21. The van der Waals surface area contributed by atoms with Gasteiger partial charge in [-0.15, -0.1) is 0 Å². The van der Waals surface area contributed by atoms with Crippen molar-refractivity contribution in [1.82, 2.24) is 15.1 Å². The van der Waals surface area contributed by atoms with E-state index in [0.717, 1.165) is 25.5 Å². The number of nitrogens with zero attached hydrogens (tertiary/aromatic N) is 2. The molecule has 3 rings (SSSR count). The van der Waals surface area contributed by atoms with E-state index in [-0.39, 0.29) is 0 Å². The van der Waals surface area contributed by atoms with E-state index in [4.69, 9.17) is 5.73 Å². The van der Waals surface area contributed by atoms with Gasteiger partial charge in [-0.1, -0.05) is 44.2 Å². The fraction of sp³-hybridized carbons (Fsp3) is 0.444. The molecule has 0 aliphatic carbocycles. The van der Waals surface area contributed by atoms with Gasteiger partial charge in [0.05, 0.1) is 6.20 Å². The standard InChI is InChI=1S/C18H25N5O/c1-12(2)16(14-6-4-3-5-7-14)20-8-13-9-21-18-15(17(19)24)10-22-23(18)11-13/h3-7,10,12-13,16,20-21H,8-9,11H2,1-2H3,(H2,19,24)/t13-,16+/m0/s1. The number of fused-ring (bicyclic) bond motifs is 1. The first-order valence-electron chi connectivity index (χ1n) is 8.44. The van der Waals surface area contributed by atoms with Crippen LogP contribution >= 0.6 is 0 Å². The Morgan fingerprint density at radius 2 is 2.17 bits per heavy atom. The van der Waals surface area contributed by atoms with Gasteiger partial charge in [-0.05, 0) is 11.5 Å². The summed E-state index contributed by atoms with van der Waals surface area (Å²) in [6, 6.07) is 10.9. The van der Waals surface area contributed by atoms with Crippen LogP contribution in [0.3, 0.4) is 0 Å². The summed E-state index contributed by atoms with van der Waals surface area (Å²) < 4.78 is 1.84. The van der Waals surface area contributed by atoms with Crippen molar-refractivity contribution in [2.24, 2.45) is 17.6 Å². The summed E-state index contributed by atoms with van der Waals surface area (Å²) in [5, 5.41) is 11.3. The minimum Gasteiger partial charge on any atom is -0.369 e. The number of anilines is 1. The summed E-state index contributed by atoms with van der Waals surface area (Å²) >= 11 is 0. The lowest BCUT2D eigenvalue weighted by molar-refractivity contribution is 0.100. The van der Waals surface area contributed by atoms with E-state index >= 15 is 0 Å². The number of carbonyl (C=O) groups is 1. The highest BCUT2D eigenvalue weighted by Gasteiger charge is 2.24. The predicted octanol–water partition coefficient (Wildman–Crippen LogP) is 2.01. The Labute approximate surface area is 142 Å².